The molecule has 0 saturated carbocycles. The fraction of sp³-hybridized carbons (Fsp3) is 0.136. The number of carbonyl (C=O) groups is 1. The van der Waals surface area contributed by atoms with Crippen molar-refractivity contribution in [3.63, 3.8) is 0 Å². The molecule has 0 fully saturated rings. The highest BCUT2D eigenvalue weighted by atomic mass is 16.6. The SMILES string of the molecule is C/C(=C\c1c[nH]c2ccccc12)[N+](=O)[O-].CC.O=Cc1c[nH]c2ccccc12. The van der Waals surface area contributed by atoms with E-state index in [1.807, 2.05) is 62.4 Å². The molecule has 4 aromatic rings. The Bertz CT molecular complexity index is 1110. The number of aromatic amines is 2. The van der Waals surface area contributed by atoms with Gasteiger partial charge in [0.2, 0.25) is 5.70 Å². The molecule has 0 aliphatic carbocycles. The summed E-state index contributed by atoms with van der Waals surface area (Å²) in [5.41, 5.74) is 3.70. The zero-order chi connectivity index (χ0) is 20.5. The maximum atomic E-state index is 10.5. The number of allylic oxidation sites excluding steroid dienone is 1. The molecule has 4 rings (SSSR count). The van der Waals surface area contributed by atoms with Gasteiger partial charge in [-0.15, -0.1) is 0 Å². The Morgan fingerprint density at radius 2 is 1.36 bits per heavy atom. The molecule has 0 amide bonds. The number of para-hydroxylation sites is 2. The molecule has 0 aliphatic heterocycles. The molecule has 0 atom stereocenters. The van der Waals surface area contributed by atoms with Crippen LogP contribution < -0.4 is 0 Å². The molecule has 144 valence electrons. The van der Waals surface area contributed by atoms with Crippen molar-refractivity contribution in [3.8, 4) is 0 Å². The van der Waals surface area contributed by atoms with Gasteiger partial charge in [0.05, 0.1) is 4.92 Å². The summed E-state index contributed by atoms with van der Waals surface area (Å²) in [6.07, 6.45) is 5.92. The number of nitrogens with zero attached hydrogens (tertiary/aromatic N) is 1. The van der Waals surface area contributed by atoms with E-state index in [-0.39, 0.29) is 10.6 Å². The van der Waals surface area contributed by atoms with Gasteiger partial charge < -0.3 is 9.97 Å². The van der Waals surface area contributed by atoms with Crippen molar-refractivity contribution < 1.29 is 9.72 Å². The fourth-order valence-electron chi connectivity index (χ4n) is 2.68. The summed E-state index contributed by atoms with van der Waals surface area (Å²) in [6, 6.07) is 15.4. The number of benzene rings is 2. The van der Waals surface area contributed by atoms with Gasteiger partial charge in [-0.25, -0.2) is 0 Å². The van der Waals surface area contributed by atoms with Gasteiger partial charge in [-0.3, -0.25) is 14.9 Å². The number of rotatable bonds is 3. The number of carbonyl (C=O) groups excluding carboxylic acids is 1. The Hall–Kier alpha value is -3.67. The number of H-pyrrole nitrogens is 2. The predicted molar refractivity (Wildman–Crippen MR) is 114 cm³/mol. The van der Waals surface area contributed by atoms with Crippen LogP contribution in [0.25, 0.3) is 27.9 Å². The highest BCUT2D eigenvalue weighted by molar-refractivity contribution is 5.97. The zero-order valence-corrected chi connectivity index (χ0v) is 16.1. The number of nitrogens with one attached hydrogen (secondary N) is 2. The molecule has 28 heavy (non-hydrogen) atoms. The summed E-state index contributed by atoms with van der Waals surface area (Å²) in [4.78, 5) is 26.6. The van der Waals surface area contributed by atoms with Gasteiger partial charge in [-0.2, -0.15) is 0 Å². The lowest BCUT2D eigenvalue weighted by molar-refractivity contribution is -0.422. The first-order valence-corrected chi connectivity index (χ1v) is 9.00. The number of fused-ring (bicyclic) bond motifs is 2. The van der Waals surface area contributed by atoms with E-state index in [4.69, 9.17) is 0 Å². The first kappa shape index (κ1) is 20.6. The highest BCUT2D eigenvalue weighted by Crippen LogP contribution is 2.20. The minimum absolute atomic E-state index is 0.139. The van der Waals surface area contributed by atoms with Crippen LogP contribution in [-0.4, -0.2) is 21.2 Å². The van der Waals surface area contributed by atoms with E-state index in [0.29, 0.717) is 0 Å². The molecule has 0 saturated heterocycles. The molecule has 2 N–H and O–H groups in total. The van der Waals surface area contributed by atoms with Crippen LogP contribution in [0.5, 0.6) is 0 Å². The average Bonchev–Trinajstić information content (AvgIpc) is 3.34. The lowest BCUT2D eigenvalue weighted by Gasteiger charge is -1.91. The summed E-state index contributed by atoms with van der Waals surface area (Å²) < 4.78 is 0. The van der Waals surface area contributed by atoms with E-state index in [9.17, 15) is 14.9 Å². The van der Waals surface area contributed by atoms with Crippen LogP contribution in [0, 0.1) is 10.1 Å². The molecule has 0 unspecified atom stereocenters. The second-order valence-corrected chi connectivity index (χ2v) is 5.74. The number of aromatic nitrogens is 2. The third-order valence-corrected chi connectivity index (χ3v) is 4.02. The third kappa shape index (κ3) is 4.73. The first-order valence-electron chi connectivity index (χ1n) is 9.00. The molecular formula is C22H23N3O3. The molecule has 0 radical (unpaired) electrons. The molecule has 0 aliphatic rings. The van der Waals surface area contributed by atoms with Crippen LogP contribution in [0.15, 0.2) is 66.6 Å². The number of hydrogen-bond donors (Lipinski definition) is 2. The molecule has 2 heterocycles. The van der Waals surface area contributed by atoms with Gasteiger partial charge in [0.1, 0.15) is 0 Å². The summed E-state index contributed by atoms with van der Waals surface area (Å²) in [7, 11) is 0. The summed E-state index contributed by atoms with van der Waals surface area (Å²) in [6.45, 7) is 5.49. The second kappa shape index (κ2) is 9.87. The van der Waals surface area contributed by atoms with Gasteiger partial charge >= 0.3 is 0 Å². The third-order valence-electron chi connectivity index (χ3n) is 4.02. The van der Waals surface area contributed by atoms with Gasteiger partial charge in [-0.05, 0) is 12.1 Å². The van der Waals surface area contributed by atoms with Crippen molar-refractivity contribution in [2.24, 2.45) is 0 Å². The Labute approximate surface area is 163 Å². The standard InChI is InChI=1S/C11H10N2O2.C9H7NO.C2H6/c1-8(13(14)15)6-9-7-12-11-5-3-2-4-10(9)11;11-6-7-5-10-9-4-2-1-3-8(7)9;1-2/h2-7,12H,1H3;1-6,10H;1-2H3/b8-6+;;. The van der Waals surface area contributed by atoms with Gasteiger partial charge in [0.25, 0.3) is 0 Å². The monoisotopic (exact) mass is 377 g/mol. The lowest BCUT2D eigenvalue weighted by atomic mass is 10.1. The number of hydrogen-bond acceptors (Lipinski definition) is 3. The summed E-state index contributed by atoms with van der Waals surface area (Å²) in [5.74, 6) is 0. The van der Waals surface area contributed by atoms with Crippen molar-refractivity contribution in [2.75, 3.05) is 0 Å². The Morgan fingerprint density at radius 1 is 0.893 bits per heavy atom. The predicted octanol–water partition coefficient (Wildman–Crippen LogP) is 5.81. The van der Waals surface area contributed by atoms with Crippen LogP contribution >= 0.6 is 0 Å². The average molecular weight is 377 g/mol. The van der Waals surface area contributed by atoms with E-state index < -0.39 is 0 Å². The number of nitro groups is 1. The molecule has 0 spiro atoms. The van der Waals surface area contributed by atoms with Crippen LogP contribution in [-0.2, 0) is 0 Å². The highest BCUT2D eigenvalue weighted by Gasteiger charge is 2.05. The van der Waals surface area contributed by atoms with Crippen LogP contribution in [0.3, 0.4) is 0 Å². The maximum absolute atomic E-state index is 10.5. The molecule has 2 aromatic heterocycles. The molecular weight excluding hydrogens is 354 g/mol. The Balaban J connectivity index is 0.000000191. The van der Waals surface area contributed by atoms with E-state index in [1.54, 1.807) is 18.5 Å². The van der Waals surface area contributed by atoms with Crippen molar-refractivity contribution in [2.45, 2.75) is 20.8 Å². The smallest absolute Gasteiger partial charge is 0.243 e. The van der Waals surface area contributed by atoms with Gasteiger partial charge in [-0.1, -0.05) is 50.2 Å². The van der Waals surface area contributed by atoms with Gasteiger partial charge in [0, 0.05) is 58.3 Å². The zero-order valence-electron chi connectivity index (χ0n) is 16.1. The molecule has 6 heteroatoms. The fourth-order valence-corrected chi connectivity index (χ4v) is 2.68. The number of aldehydes is 1. The van der Waals surface area contributed by atoms with Crippen LogP contribution in [0.2, 0.25) is 0 Å². The molecule has 6 nitrogen and oxygen atoms in total. The minimum Gasteiger partial charge on any atom is -0.361 e. The van der Waals surface area contributed by atoms with Crippen molar-refractivity contribution in [1.29, 1.82) is 0 Å². The summed E-state index contributed by atoms with van der Waals surface area (Å²) in [5, 5.41) is 12.5. The van der Waals surface area contributed by atoms with E-state index in [1.165, 1.54) is 6.92 Å². The lowest BCUT2D eigenvalue weighted by Crippen LogP contribution is -1.92. The van der Waals surface area contributed by atoms with Crippen LogP contribution in [0.4, 0.5) is 0 Å². The quantitative estimate of drug-likeness (QED) is 0.268. The van der Waals surface area contributed by atoms with E-state index in [0.717, 1.165) is 39.2 Å². The topological polar surface area (TPSA) is 91.8 Å². The maximum Gasteiger partial charge on any atom is 0.243 e. The largest absolute Gasteiger partial charge is 0.361 e. The van der Waals surface area contributed by atoms with Crippen LogP contribution in [0.1, 0.15) is 36.7 Å². The first-order chi connectivity index (χ1) is 13.6. The minimum atomic E-state index is -0.387. The van der Waals surface area contributed by atoms with E-state index in [2.05, 4.69) is 9.97 Å². The van der Waals surface area contributed by atoms with Gasteiger partial charge in [0.15, 0.2) is 6.29 Å². The Morgan fingerprint density at radius 3 is 1.86 bits per heavy atom. The molecule has 0 bridgehead atoms. The summed E-state index contributed by atoms with van der Waals surface area (Å²) >= 11 is 0. The van der Waals surface area contributed by atoms with Crippen molar-refractivity contribution >= 4 is 34.2 Å². The molecule has 2 aromatic carbocycles. The Kier molecular flexibility index (Phi) is 7.28. The normalized spacial score (nSPS) is 10.6. The van der Waals surface area contributed by atoms with Crippen molar-refractivity contribution in [3.05, 3.63) is 87.9 Å². The van der Waals surface area contributed by atoms with Crippen molar-refractivity contribution in [1.82, 2.24) is 9.97 Å². The van der Waals surface area contributed by atoms with E-state index >= 15 is 0 Å². The second-order valence-electron chi connectivity index (χ2n) is 5.74.